The van der Waals surface area contributed by atoms with Crippen LogP contribution in [0.3, 0.4) is 0 Å². The Morgan fingerprint density at radius 1 is 0.655 bits per heavy atom. The van der Waals surface area contributed by atoms with E-state index >= 15 is 0 Å². The zero-order valence-electron chi connectivity index (χ0n) is 16.9. The van der Waals surface area contributed by atoms with Gasteiger partial charge >= 0.3 is 0 Å². The average Bonchev–Trinajstić information content (AvgIpc) is 3.09. The van der Waals surface area contributed by atoms with E-state index in [2.05, 4.69) is 77.7 Å². The van der Waals surface area contributed by atoms with Crippen molar-refractivity contribution < 1.29 is 0 Å². The van der Waals surface area contributed by atoms with Gasteiger partial charge in [0.05, 0.1) is 0 Å². The summed E-state index contributed by atoms with van der Waals surface area (Å²) in [5.41, 5.74) is 6.67. The molecule has 29 heavy (non-hydrogen) atoms. The van der Waals surface area contributed by atoms with Crippen LogP contribution < -0.4 is 5.32 Å². The molecule has 0 saturated carbocycles. The highest BCUT2D eigenvalue weighted by atomic mass is 15.1. The first-order valence-electron chi connectivity index (χ1n) is 9.98. The molecule has 3 aromatic rings. The maximum Gasteiger partial charge on any atom is 0.155 e. The summed E-state index contributed by atoms with van der Waals surface area (Å²) in [6, 6.07) is 17.2. The monoisotopic (exact) mass is 383 g/mol. The molecule has 5 nitrogen and oxygen atoms in total. The van der Waals surface area contributed by atoms with Gasteiger partial charge in [0.25, 0.3) is 0 Å². The van der Waals surface area contributed by atoms with Crippen LogP contribution in [0, 0.1) is 13.8 Å². The summed E-state index contributed by atoms with van der Waals surface area (Å²) in [7, 11) is 0. The molecule has 0 atom stereocenters. The van der Waals surface area contributed by atoms with Crippen LogP contribution in [0.5, 0.6) is 0 Å². The second-order valence-electron chi connectivity index (χ2n) is 7.31. The molecule has 1 aliphatic rings. The van der Waals surface area contributed by atoms with Crippen LogP contribution in [-0.2, 0) is 12.8 Å². The Labute approximate surface area is 171 Å². The molecule has 2 heterocycles. The lowest BCUT2D eigenvalue weighted by atomic mass is 10.1. The molecule has 1 aromatic heterocycles. The van der Waals surface area contributed by atoms with Gasteiger partial charge in [-0.3, -0.25) is 9.98 Å². The Kier molecular flexibility index (Phi) is 5.75. The summed E-state index contributed by atoms with van der Waals surface area (Å²) >= 11 is 0. The Bertz CT molecular complexity index is 949. The van der Waals surface area contributed by atoms with Crippen LogP contribution in [0.1, 0.15) is 33.6 Å². The molecule has 1 N–H and O–H groups in total. The van der Waals surface area contributed by atoms with Gasteiger partial charge in [0.2, 0.25) is 0 Å². The van der Waals surface area contributed by atoms with Crippen molar-refractivity contribution >= 4 is 11.7 Å². The average molecular weight is 383 g/mol. The van der Waals surface area contributed by atoms with Crippen LogP contribution >= 0.6 is 0 Å². The fourth-order valence-corrected chi connectivity index (χ4v) is 3.25. The van der Waals surface area contributed by atoms with E-state index < -0.39 is 0 Å². The summed E-state index contributed by atoms with van der Waals surface area (Å²) in [6.45, 7) is 5.58. The molecule has 0 amide bonds. The lowest BCUT2D eigenvalue weighted by Gasteiger charge is -2.02. The van der Waals surface area contributed by atoms with Crippen molar-refractivity contribution in [3.63, 3.8) is 0 Å². The van der Waals surface area contributed by atoms with Crippen molar-refractivity contribution in [1.82, 2.24) is 15.3 Å². The van der Waals surface area contributed by atoms with E-state index in [0.717, 1.165) is 35.9 Å². The minimum absolute atomic E-state index is 0.693. The molecule has 4 rings (SSSR count). The normalized spacial score (nSPS) is 15.5. The lowest BCUT2D eigenvalue weighted by Crippen LogP contribution is -2.24. The van der Waals surface area contributed by atoms with E-state index in [-0.39, 0.29) is 0 Å². The fourth-order valence-electron chi connectivity index (χ4n) is 3.25. The summed E-state index contributed by atoms with van der Waals surface area (Å²) < 4.78 is 0. The number of aromatic nitrogens is 2. The number of amidine groups is 2. The summed E-state index contributed by atoms with van der Waals surface area (Å²) in [4.78, 5) is 18.4. The van der Waals surface area contributed by atoms with E-state index in [1.54, 1.807) is 12.4 Å². The van der Waals surface area contributed by atoms with Gasteiger partial charge in [-0.05, 0) is 37.8 Å². The number of fused-ring (bicyclic) bond motifs is 1. The molecule has 0 saturated heterocycles. The highest BCUT2D eigenvalue weighted by Crippen LogP contribution is 2.12. The van der Waals surface area contributed by atoms with Gasteiger partial charge in [0, 0.05) is 25.5 Å². The Hall–Kier alpha value is -3.34. The third kappa shape index (κ3) is 4.74. The second kappa shape index (κ2) is 8.78. The number of nitrogens with one attached hydrogen (secondary N) is 1. The first-order valence-corrected chi connectivity index (χ1v) is 9.98. The zero-order chi connectivity index (χ0) is 20.1. The Morgan fingerprint density at radius 3 is 1.48 bits per heavy atom. The van der Waals surface area contributed by atoms with Gasteiger partial charge in [0.15, 0.2) is 11.7 Å². The van der Waals surface area contributed by atoms with Gasteiger partial charge in [-0.15, -0.1) is 0 Å². The standard InChI is InChI=1S/C24H25N5/c1-17-3-7-19(8-4-17)11-13-27-23-21-22(26-16-15-25-21)24(29-23)28-14-12-20-9-5-18(2)6-10-20/h3-10,15-16H,11-14H2,1-2H3,(H,27,28,29). The number of hydrogen-bond acceptors (Lipinski definition) is 4. The maximum atomic E-state index is 4.73. The third-order valence-corrected chi connectivity index (χ3v) is 4.97. The number of nitrogens with zero attached hydrogens (tertiary/aromatic N) is 4. The quantitative estimate of drug-likeness (QED) is 0.706. The number of aryl methyl sites for hydroxylation is 2. The highest BCUT2D eigenvalue weighted by Gasteiger charge is 2.25. The van der Waals surface area contributed by atoms with Gasteiger partial charge < -0.3 is 5.32 Å². The topological polar surface area (TPSA) is 62.5 Å². The summed E-state index contributed by atoms with van der Waals surface area (Å²) in [5.74, 6) is 1.52. The van der Waals surface area contributed by atoms with E-state index in [1.165, 1.54) is 22.3 Å². The number of benzene rings is 2. The fraction of sp³-hybridized carbons (Fsp3) is 0.250. The predicted octanol–water partition coefficient (Wildman–Crippen LogP) is 3.68. The molecule has 2 aromatic carbocycles. The van der Waals surface area contributed by atoms with E-state index in [0.29, 0.717) is 13.1 Å². The molecule has 0 radical (unpaired) electrons. The predicted molar refractivity (Wildman–Crippen MR) is 118 cm³/mol. The molecule has 0 unspecified atom stereocenters. The molecular weight excluding hydrogens is 358 g/mol. The number of rotatable bonds is 6. The molecular formula is C24H25N5. The van der Waals surface area contributed by atoms with Gasteiger partial charge in [0.1, 0.15) is 11.4 Å². The van der Waals surface area contributed by atoms with Crippen LogP contribution in [0.15, 0.2) is 70.9 Å². The first-order chi connectivity index (χ1) is 14.2. The minimum atomic E-state index is 0.693. The molecule has 0 spiro atoms. The van der Waals surface area contributed by atoms with Crippen molar-refractivity contribution in [2.45, 2.75) is 26.7 Å². The van der Waals surface area contributed by atoms with Gasteiger partial charge in [-0.2, -0.15) is 0 Å². The third-order valence-electron chi connectivity index (χ3n) is 4.97. The summed E-state index contributed by atoms with van der Waals surface area (Å²) in [5, 5.41) is 3.32. The second-order valence-corrected chi connectivity index (χ2v) is 7.31. The van der Waals surface area contributed by atoms with Crippen molar-refractivity contribution in [3.05, 3.63) is 94.6 Å². The van der Waals surface area contributed by atoms with E-state index in [9.17, 15) is 0 Å². The maximum absolute atomic E-state index is 4.73. The SMILES string of the molecule is Cc1ccc(CCN=C2NC(=NCCc3ccc(C)cc3)c3nccnc32)cc1. The Morgan fingerprint density at radius 2 is 1.07 bits per heavy atom. The van der Waals surface area contributed by atoms with Crippen LogP contribution in [0.25, 0.3) is 0 Å². The molecule has 0 aliphatic carbocycles. The number of aliphatic imine (C=N–C) groups is 2. The minimum Gasteiger partial charge on any atom is -0.322 e. The zero-order valence-corrected chi connectivity index (χ0v) is 16.9. The van der Waals surface area contributed by atoms with Crippen LogP contribution in [0.4, 0.5) is 0 Å². The molecule has 0 fully saturated rings. The summed E-state index contributed by atoms with van der Waals surface area (Å²) in [6.07, 6.45) is 5.18. The molecule has 1 aliphatic heterocycles. The van der Waals surface area contributed by atoms with Crippen LogP contribution in [0.2, 0.25) is 0 Å². The Balaban J connectivity index is 1.43. The van der Waals surface area contributed by atoms with Gasteiger partial charge in [-0.1, -0.05) is 59.7 Å². The van der Waals surface area contributed by atoms with Crippen molar-refractivity contribution in [3.8, 4) is 0 Å². The van der Waals surface area contributed by atoms with Gasteiger partial charge in [-0.25, -0.2) is 9.97 Å². The van der Waals surface area contributed by atoms with Crippen LogP contribution in [-0.4, -0.2) is 34.7 Å². The van der Waals surface area contributed by atoms with E-state index in [1.807, 2.05) is 0 Å². The van der Waals surface area contributed by atoms with Crippen molar-refractivity contribution in [2.24, 2.45) is 9.98 Å². The smallest absolute Gasteiger partial charge is 0.155 e. The number of hydrogen-bond donors (Lipinski definition) is 1. The molecule has 0 bridgehead atoms. The first kappa shape index (κ1) is 19.0. The van der Waals surface area contributed by atoms with Crippen molar-refractivity contribution in [2.75, 3.05) is 13.1 Å². The van der Waals surface area contributed by atoms with Crippen molar-refractivity contribution in [1.29, 1.82) is 0 Å². The molecule has 5 heteroatoms. The largest absolute Gasteiger partial charge is 0.322 e. The lowest BCUT2D eigenvalue weighted by molar-refractivity contribution is 0.952. The van der Waals surface area contributed by atoms with E-state index in [4.69, 9.17) is 9.98 Å². The molecule has 146 valence electrons. The highest BCUT2D eigenvalue weighted by molar-refractivity contribution is 6.23.